The molecule has 0 aromatic carbocycles. The number of likely N-dealkylation sites (tertiary alicyclic amines) is 1. The minimum atomic E-state index is 0.00386. The number of carbonyl (C=O) groups excluding carboxylic acids is 1. The molecule has 1 atom stereocenters. The summed E-state index contributed by atoms with van der Waals surface area (Å²) >= 11 is 0. The molecule has 1 N–H and O–H groups in total. The SMILES string of the molecule is CCCCn1ccnc1[C@@H]1CCCN(C(=O)c2cc(-c3ccncc3)n[nH]2)C1. The zero-order valence-corrected chi connectivity index (χ0v) is 16.2. The Hall–Kier alpha value is -2.96. The summed E-state index contributed by atoms with van der Waals surface area (Å²) in [6.07, 6.45) is 11.7. The summed E-state index contributed by atoms with van der Waals surface area (Å²) in [5.41, 5.74) is 2.23. The lowest BCUT2D eigenvalue weighted by Crippen LogP contribution is -2.40. The number of amides is 1. The van der Waals surface area contributed by atoms with Gasteiger partial charge < -0.3 is 9.47 Å². The van der Waals surface area contributed by atoms with Crippen LogP contribution in [-0.4, -0.2) is 48.6 Å². The van der Waals surface area contributed by atoms with Crippen molar-refractivity contribution in [2.24, 2.45) is 0 Å². The van der Waals surface area contributed by atoms with E-state index in [4.69, 9.17) is 0 Å². The van der Waals surface area contributed by atoms with E-state index in [1.54, 1.807) is 12.4 Å². The number of imidazole rings is 1. The molecule has 0 saturated carbocycles. The smallest absolute Gasteiger partial charge is 0.271 e. The van der Waals surface area contributed by atoms with Crippen molar-refractivity contribution in [2.75, 3.05) is 13.1 Å². The number of carbonyl (C=O) groups is 1. The summed E-state index contributed by atoms with van der Waals surface area (Å²) in [7, 11) is 0. The summed E-state index contributed by atoms with van der Waals surface area (Å²) in [5.74, 6) is 1.39. The number of pyridine rings is 1. The third-order valence-corrected chi connectivity index (χ3v) is 5.36. The van der Waals surface area contributed by atoms with Gasteiger partial charge >= 0.3 is 0 Å². The molecule has 0 unspecified atom stereocenters. The summed E-state index contributed by atoms with van der Waals surface area (Å²) in [6, 6.07) is 5.60. The van der Waals surface area contributed by atoms with Gasteiger partial charge in [0.2, 0.25) is 0 Å². The molecule has 146 valence electrons. The van der Waals surface area contributed by atoms with Gasteiger partial charge in [-0.3, -0.25) is 14.9 Å². The highest BCUT2D eigenvalue weighted by molar-refractivity contribution is 5.93. The fourth-order valence-electron chi connectivity index (χ4n) is 3.84. The van der Waals surface area contributed by atoms with Crippen molar-refractivity contribution < 1.29 is 4.79 Å². The molecule has 3 aromatic rings. The van der Waals surface area contributed by atoms with E-state index in [-0.39, 0.29) is 11.8 Å². The Kier molecular flexibility index (Phi) is 5.50. The van der Waals surface area contributed by atoms with Crippen LogP contribution in [0.15, 0.2) is 43.0 Å². The molecule has 1 fully saturated rings. The number of nitrogens with zero attached hydrogens (tertiary/aromatic N) is 5. The van der Waals surface area contributed by atoms with E-state index in [9.17, 15) is 4.79 Å². The van der Waals surface area contributed by atoms with Gasteiger partial charge in [0.25, 0.3) is 5.91 Å². The minimum Gasteiger partial charge on any atom is -0.337 e. The maximum atomic E-state index is 13.0. The van der Waals surface area contributed by atoms with E-state index in [0.717, 1.165) is 55.9 Å². The molecule has 7 heteroatoms. The number of rotatable bonds is 6. The van der Waals surface area contributed by atoms with Crippen LogP contribution in [0.4, 0.5) is 0 Å². The number of hydrogen-bond acceptors (Lipinski definition) is 4. The summed E-state index contributed by atoms with van der Waals surface area (Å²) in [5, 5.41) is 7.21. The lowest BCUT2D eigenvalue weighted by atomic mass is 9.96. The zero-order valence-electron chi connectivity index (χ0n) is 16.2. The largest absolute Gasteiger partial charge is 0.337 e. The number of unbranched alkanes of at least 4 members (excludes halogenated alkanes) is 1. The van der Waals surface area contributed by atoms with Crippen molar-refractivity contribution in [3.8, 4) is 11.3 Å². The van der Waals surface area contributed by atoms with Crippen molar-refractivity contribution in [1.82, 2.24) is 29.6 Å². The number of aromatic nitrogens is 5. The number of aromatic amines is 1. The Labute approximate surface area is 164 Å². The predicted molar refractivity (Wildman–Crippen MR) is 107 cm³/mol. The monoisotopic (exact) mass is 378 g/mol. The van der Waals surface area contributed by atoms with E-state index in [0.29, 0.717) is 12.2 Å². The standard InChI is InChI=1S/C21H26N6O/c1-2-3-11-26-13-10-23-20(26)17-5-4-12-27(15-17)21(28)19-14-18(24-25-19)16-6-8-22-9-7-16/h6-10,13-14,17H,2-5,11-12,15H2,1H3,(H,24,25)/t17-/m1/s1. The van der Waals surface area contributed by atoms with Crippen molar-refractivity contribution in [2.45, 2.75) is 45.1 Å². The highest BCUT2D eigenvalue weighted by Gasteiger charge is 2.28. The van der Waals surface area contributed by atoms with Crippen molar-refractivity contribution >= 4 is 5.91 Å². The van der Waals surface area contributed by atoms with Gasteiger partial charge in [0.05, 0.1) is 5.69 Å². The number of hydrogen-bond donors (Lipinski definition) is 1. The van der Waals surface area contributed by atoms with Crippen LogP contribution >= 0.6 is 0 Å². The van der Waals surface area contributed by atoms with Gasteiger partial charge in [-0.2, -0.15) is 5.10 Å². The fourth-order valence-corrected chi connectivity index (χ4v) is 3.84. The molecule has 28 heavy (non-hydrogen) atoms. The van der Waals surface area contributed by atoms with Crippen LogP contribution in [0, 0.1) is 0 Å². The highest BCUT2D eigenvalue weighted by Crippen LogP contribution is 2.27. The molecule has 4 rings (SSSR count). The normalized spacial score (nSPS) is 17.0. The molecule has 1 saturated heterocycles. The Bertz CT molecular complexity index is 916. The molecule has 0 spiro atoms. The maximum Gasteiger partial charge on any atom is 0.271 e. The van der Waals surface area contributed by atoms with Crippen molar-refractivity contribution in [1.29, 1.82) is 0 Å². The second-order valence-corrected chi connectivity index (χ2v) is 7.33. The average molecular weight is 378 g/mol. The molecule has 1 aliphatic heterocycles. The molecular weight excluding hydrogens is 352 g/mol. The number of H-pyrrole nitrogens is 1. The lowest BCUT2D eigenvalue weighted by molar-refractivity contribution is 0.0697. The van der Waals surface area contributed by atoms with Crippen molar-refractivity contribution in [3.63, 3.8) is 0 Å². The lowest BCUT2D eigenvalue weighted by Gasteiger charge is -2.32. The first kappa shape index (κ1) is 18.4. The molecule has 4 heterocycles. The van der Waals surface area contributed by atoms with Crippen LogP contribution in [-0.2, 0) is 6.54 Å². The highest BCUT2D eigenvalue weighted by atomic mass is 16.2. The Balaban J connectivity index is 1.47. The van der Waals surface area contributed by atoms with Gasteiger partial charge in [0, 0.05) is 55.9 Å². The zero-order chi connectivity index (χ0) is 19.3. The molecule has 0 radical (unpaired) electrons. The molecule has 1 amide bonds. The van der Waals surface area contributed by atoms with Gasteiger partial charge in [0.15, 0.2) is 0 Å². The Morgan fingerprint density at radius 3 is 2.96 bits per heavy atom. The molecule has 1 aliphatic rings. The Morgan fingerprint density at radius 2 is 2.14 bits per heavy atom. The van der Waals surface area contributed by atoms with E-state index >= 15 is 0 Å². The topological polar surface area (TPSA) is 79.7 Å². The van der Waals surface area contributed by atoms with Gasteiger partial charge in [-0.25, -0.2) is 4.98 Å². The second-order valence-electron chi connectivity index (χ2n) is 7.33. The van der Waals surface area contributed by atoms with Gasteiger partial charge in [-0.05, 0) is 37.5 Å². The van der Waals surface area contributed by atoms with Gasteiger partial charge in [0.1, 0.15) is 11.5 Å². The third-order valence-electron chi connectivity index (χ3n) is 5.36. The summed E-state index contributed by atoms with van der Waals surface area (Å²) in [6.45, 7) is 4.66. The third kappa shape index (κ3) is 3.83. The maximum absolute atomic E-state index is 13.0. The minimum absolute atomic E-state index is 0.00386. The molecular formula is C21H26N6O. The quantitative estimate of drug-likeness (QED) is 0.712. The van der Waals surface area contributed by atoms with Crippen molar-refractivity contribution in [3.05, 3.63) is 54.5 Å². The van der Waals surface area contributed by atoms with Crippen LogP contribution in [0.3, 0.4) is 0 Å². The summed E-state index contributed by atoms with van der Waals surface area (Å²) < 4.78 is 2.25. The van der Waals surface area contributed by atoms with E-state index in [2.05, 4.69) is 37.9 Å². The van der Waals surface area contributed by atoms with Crippen LogP contribution in [0.1, 0.15) is 54.8 Å². The number of nitrogens with one attached hydrogen (secondary N) is 1. The first-order chi connectivity index (χ1) is 13.8. The summed E-state index contributed by atoms with van der Waals surface area (Å²) in [4.78, 5) is 23.6. The second kappa shape index (κ2) is 8.37. The first-order valence-corrected chi connectivity index (χ1v) is 10.0. The molecule has 0 aliphatic carbocycles. The van der Waals surface area contributed by atoms with Gasteiger partial charge in [-0.1, -0.05) is 13.3 Å². The number of piperidine rings is 1. The molecule has 0 bridgehead atoms. The van der Waals surface area contributed by atoms with E-state index < -0.39 is 0 Å². The predicted octanol–water partition coefficient (Wildman–Crippen LogP) is 3.49. The average Bonchev–Trinajstić information content (AvgIpc) is 3.42. The Morgan fingerprint density at radius 1 is 1.29 bits per heavy atom. The molecule has 3 aromatic heterocycles. The first-order valence-electron chi connectivity index (χ1n) is 10.0. The van der Waals surface area contributed by atoms with Crippen LogP contribution in [0.5, 0.6) is 0 Å². The van der Waals surface area contributed by atoms with Crippen LogP contribution in [0.2, 0.25) is 0 Å². The van der Waals surface area contributed by atoms with Gasteiger partial charge in [-0.15, -0.1) is 0 Å². The van der Waals surface area contributed by atoms with Crippen LogP contribution in [0.25, 0.3) is 11.3 Å². The van der Waals surface area contributed by atoms with E-state index in [1.807, 2.05) is 29.3 Å². The molecule has 7 nitrogen and oxygen atoms in total. The van der Waals surface area contributed by atoms with Crippen LogP contribution < -0.4 is 0 Å². The number of aryl methyl sites for hydroxylation is 1. The van der Waals surface area contributed by atoms with E-state index in [1.165, 1.54) is 0 Å². The fraction of sp³-hybridized carbons (Fsp3) is 0.429.